The average molecular weight is 288 g/mol. The molecule has 1 aromatic carbocycles. The van der Waals surface area contributed by atoms with E-state index in [0.29, 0.717) is 10.0 Å². The van der Waals surface area contributed by atoms with Gasteiger partial charge in [0.25, 0.3) is 0 Å². The summed E-state index contributed by atoms with van der Waals surface area (Å²) in [7, 11) is 1.41. The van der Waals surface area contributed by atoms with Crippen LogP contribution in [0.1, 0.15) is 0 Å². The molecule has 0 saturated heterocycles. The maximum absolute atomic E-state index is 9.93. The summed E-state index contributed by atoms with van der Waals surface area (Å²) in [5.74, 6) is -0.158. The molecular weight excluding hydrogens is 279 g/mol. The molecule has 1 aromatic rings. The zero-order valence-electron chi connectivity index (χ0n) is 7.66. The monoisotopic (exact) mass is 286 g/mol. The lowest BCUT2D eigenvalue weighted by Gasteiger charge is -1.88. The molecular formula is C9H9Cl3O2S. The predicted molar refractivity (Wildman–Crippen MR) is 66.3 cm³/mol. The van der Waals surface area contributed by atoms with Gasteiger partial charge in [-0.3, -0.25) is 0 Å². The molecule has 0 aliphatic heterocycles. The van der Waals surface area contributed by atoms with E-state index in [9.17, 15) is 8.42 Å². The van der Waals surface area contributed by atoms with Crippen molar-refractivity contribution in [3.05, 3.63) is 47.0 Å². The van der Waals surface area contributed by atoms with E-state index >= 15 is 0 Å². The van der Waals surface area contributed by atoms with Crippen molar-refractivity contribution in [2.75, 3.05) is 5.75 Å². The standard InChI is InChI=1S/C6H4Cl2.C3H5ClO2S/c7-5-3-1-2-4-6(5)8;1-2-3-7(4,5)6/h1-4H;2H,1,3H2. The van der Waals surface area contributed by atoms with Crippen molar-refractivity contribution in [3.8, 4) is 0 Å². The van der Waals surface area contributed by atoms with Gasteiger partial charge in [0, 0.05) is 10.7 Å². The van der Waals surface area contributed by atoms with Crippen LogP contribution in [0.15, 0.2) is 36.9 Å². The van der Waals surface area contributed by atoms with Crippen molar-refractivity contribution in [3.63, 3.8) is 0 Å². The molecule has 0 atom stereocenters. The van der Waals surface area contributed by atoms with Gasteiger partial charge in [-0.2, -0.15) is 0 Å². The van der Waals surface area contributed by atoms with E-state index in [-0.39, 0.29) is 5.75 Å². The van der Waals surface area contributed by atoms with Gasteiger partial charge in [-0.05, 0) is 12.1 Å². The van der Waals surface area contributed by atoms with E-state index in [4.69, 9.17) is 33.9 Å². The first kappa shape index (κ1) is 14.8. The smallest absolute Gasteiger partial charge is 0.212 e. The molecule has 0 aromatic heterocycles. The second-order valence-corrected chi connectivity index (χ2v) is 6.04. The number of halogens is 3. The van der Waals surface area contributed by atoms with Crippen LogP contribution < -0.4 is 0 Å². The van der Waals surface area contributed by atoms with E-state index in [0.717, 1.165) is 0 Å². The van der Waals surface area contributed by atoms with Crippen LogP contribution in [0.25, 0.3) is 0 Å². The highest BCUT2D eigenvalue weighted by Gasteiger charge is 1.97. The van der Waals surface area contributed by atoms with E-state index in [1.165, 1.54) is 6.08 Å². The van der Waals surface area contributed by atoms with E-state index in [1.54, 1.807) is 12.1 Å². The Morgan fingerprint density at radius 2 is 1.60 bits per heavy atom. The zero-order chi connectivity index (χ0) is 11.9. The Balaban J connectivity index is 0.000000265. The average Bonchev–Trinajstić information content (AvgIpc) is 2.09. The zero-order valence-corrected chi connectivity index (χ0v) is 10.7. The molecule has 0 aliphatic rings. The molecule has 0 fully saturated rings. The van der Waals surface area contributed by atoms with Crippen LogP contribution >= 0.6 is 33.9 Å². The van der Waals surface area contributed by atoms with Gasteiger partial charge in [0.1, 0.15) is 0 Å². The number of hydrogen-bond donors (Lipinski definition) is 0. The maximum atomic E-state index is 9.93. The third kappa shape index (κ3) is 8.75. The Bertz CT molecular complexity index is 394. The van der Waals surface area contributed by atoms with Crippen molar-refractivity contribution in [2.24, 2.45) is 0 Å². The lowest BCUT2D eigenvalue weighted by molar-refractivity contribution is 0.612. The summed E-state index contributed by atoms with van der Waals surface area (Å²) in [5, 5.41) is 1.21. The second-order valence-electron chi connectivity index (χ2n) is 2.41. The minimum atomic E-state index is -3.32. The summed E-state index contributed by atoms with van der Waals surface area (Å²) in [6.07, 6.45) is 1.24. The number of rotatable bonds is 2. The lowest BCUT2D eigenvalue weighted by atomic mass is 10.4. The first-order chi connectivity index (χ1) is 6.87. The summed E-state index contributed by atoms with van der Waals surface area (Å²) < 4.78 is 19.9. The Kier molecular flexibility index (Phi) is 7.02. The highest BCUT2D eigenvalue weighted by atomic mass is 35.7. The normalized spacial score (nSPS) is 10.1. The molecule has 0 saturated carbocycles. The molecule has 0 N–H and O–H groups in total. The highest BCUT2D eigenvalue weighted by Crippen LogP contribution is 2.19. The van der Waals surface area contributed by atoms with Gasteiger partial charge in [-0.15, -0.1) is 6.58 Å². The topological polar surface area (TPSA) is 34.1 Å². The largest absolute Gasteiger partial charge is 0.236 e. The van der Waals surface area contributed by atoms with Crippen molar-refractivity contribution in [2.45, 2.75) is 0 Å². The summed E-state index contributed by atoms with van der Waals surface area (Å²) in [6, 6.07) is 7.19. The first-order valence-electron chi connectivity index (χ1n) is 3.80. The van der Waals surface area contributed by atoms with Crippen molar-refractivity contribution in [1.82, 2.24) is 0 Å². The van der Waals surface area contributed by atoms with Gasteiger partial charge in [-0.25, -0.2) is 8.42 Å². The van der Waals surface area contributed by atoms with Crippen LogP contribution in [-0.2, 0) is 9.05 Å². The first-order valence-corrected chi connectivity index (χ1v) is 7.03. The molecule has 84 valence electrons. The summed E-state index contributed by atoms with van der Waals surface area (Å²) in [4.78, 5) is 0. The molecule has 0 amide bonds. The van der Waals surface area contributed by atoms with E-state index < -0.39 is 9.05 Å². The van der Waals surface area contributed by atoms with Crippen LogP contribution in [-0.4, -0.2) is 14.2 Å². The quantitative estimate of drug-likeness (QED) is 0.613. The third-order valence-corrected chi connectivity index (χ3v) is 2.91. The minimum absolute atomic E-state index is 0.158. The van der Waals surface area contributed by atoms with Gasteiger partial charge >= 0.3 is 0 Å². The molecule has 1 rings (SSSR count). The van der Waals surface area contributed by atoms with E-state index in [2.05, 4.69) is 6.58 Å². The molecule has 15 heavy (non-hydrogen) atoms. The van der Waals surface area contributed by atoms with Crippen LogP contribution in [0.2, 0.25) is 10.0 Å². The fraction of sp³-hybridized carbons (Fsp3) is 0.111. The highest BCUT2D eigenvalue weighted by molar-refractivity contribution is 8.13. The van der Waals surface area contributed by atoms with Crippen LogP contribution in [0.5, 0.6) is 0 Å². The lowest BCUT2D eigenvalue weighted by Crippen LogP contribution is -1.90. The fourth-order valence-corrected chi connectivity index (χ4v) is 1.40. The minimum Gasteiger partial charge on any atom is -0.212 e. The SMILES string of the molecule is C=CCS(=O)(=O)Cl.Clc1ccccc1Cl. The number of hydrogen-bond acceptors (Lipinski definition) is 2. The Hall–Kier alpha value is -0.220. The van der Waals surface area contributed by atoms with Gasteiger partial charge in [0.05, 0.1) is 15.8 Å². The molecule has 0 radical (unpaired) electrons. The molecule has 0 aliphatic carbocycles. The molecule has 0 bridgehead atoms. The van der Waals surface area contributed by atoms with Crippen molar-refractivity contribution < 1.29 is 8.42 Å². The Labute approximate surface area is 104 Å². The predicted octanol–water partition coefficient (Wildman–Crippen LogP) is 3.73. The Morgan fingerprint density at radius 3 is 1.73 bits per heavy atom. The summed E-state index contributed by atoms with van der Waals surface area (Å²) in [5.41, 5.74) is 0. The van der Waals surface area contributed by atoms with Crippen LogP contribution in [0.4, 0.5) is 0 Å². The third-order valence-electron chi connectivity index (χ3n) is 1.14. The second kappa shape index (κ2) is 7.12. The van der Waals surface area contributed by atoms with Gasteiger partial charge < -0.3 is 0 Å². The molecule has 0 unspecified atom stereocenters. The van der Waals surface area contributed by atoms with Gasteiger partial charge in [0.2, 0.25) is 9.05 Å². The molecule has 0 spiro atoms. The summed E-state index contributed by atoms with van der Waals surface area (Å²) >= 11 is 11.2. The molecule has 6 heteroatoms. The van der Waals surface area contributed by atoms with Crippen molar-refractivity contribution >= 4 is 42.9 Å². The van der Waals surface area contributed by atoms with Gasteiger partial charge in [-0.1, -0.05) is 41.4 Å². The van der Waals surface area contributed by atoms with Crippen molar-refractivity contribution in [1.29, 1.82) is 0 Å². The van der Waals surface area contributed by atoms with Crippen LogP contribution in [0, 0.1) is 0 Å². The van der Waals surface area contributed by atoms with E-state index in [1.807, 2.05) is 12.1 Å². The summed E-state index contributed by atoms with van der Waals surface area (Å²) in [6.45, 7) is 3.18. The Morgan fingerprint density at radius 1 is 1.20 bits per heavy atom. The fourth-order valence-electron chi connectivity index (χ4n) is 0.580. The number of benzene rings is 1. The molecule has 0 heterocycles. The molecule has 2 nitrogen and oxygen atoms in total. The van der Waals surface area contributed by atoms with Gasteiger partial charge in [0.15, 0.2) is 0 Å². The van der Waals surface area contributed by atoms with Crippen LogP contribution in [0.3, 0.4) is 0 Å². The maximum Gasteiger partial charge on any atom is 0.236 e.